The molecule has 2 heterocycles. The van der Waals surface area contributed by atoms with Crippen LogP contribution in [-0.4, -0.2) is 102 Å². The average Bonchev–Trinajstić information content (AvgIpc) is 3.79. The van der Waals surface area contributed by atoms with E-state index in [2.05, 4.69) is 42.7 Å². The van der Waals surface area contributed by atoms with Gasteiger partial charge in [-0.05, 0) is 125 Å². The van der Waals surface area contributed by atoms with Crippen LogP contribution in [0, 0.1) is 0 Å². The maximum Gasteiger partial charge on any atom is 0.351 e. The largest absolute Gasteiger partial charge is 0.497 e. The van der Waals surface area contributed by atoms with Crippen LogP contribution in [0.15, 0.2) is 151 Å². The Morgan fingerprint density at radius 3 is 1.75 bits per heavy atom. The van der Waals surface area contributed by atoms with Crippen molar-refractivity contribution < 1.29 is 42.3 Å². The molecule has 6 aromatic rings. The van der Waals surface area contributed by atoms with E-state index in [0.717, 1.165) is 16.7 Å². The van der Waals surface area contributed by atoms with Gasteiger partial charge in [0.2, 0.25) is 0 Å². The second-order valence-electron chi connectivity index (χ2n) is 18.1. The highest BCUT2D eigenvalue weighted by atomic mass is 31.2. The Bertz CT molecular complexity index is 2670. The molecule has 1 aliphatic heterocycles. The van der Waals surface area contributed by atoms with Crippen molar-refractivity contribution in [1.82, 2.24) is 19.1 Å². The fourth-order valence-corrected chi connectivity index (χ4v) is 10.6. The number of benzene rings is 5. The zero-order chi connectivity index (χ0) is 51.4. The summed E-state index contributed by atoms with van der Waals surface area (Å²) in [6, 6.07) is 42.7. The fourth-order valence-electron chi connectivity index (χ4n) is 8.84. The predicted molar refractivity (Wildman–Crippen MR) is 279 cm³/mol. The highest BCUT2D eigenvalue weighted by molar-refractivity contribution is 7.44. The summed E-state index contributed by atoms with van der Waals surface area (Å²) in [6.45, 7) is 12.8. The Balaban J connectivity index is 1.24. The van der Waals surface area contributed by atoms with Crippen LogP contribution in [0.25, 0.3) is 0 Å². The van der Waals surface area contributed by atoms with Gasteiger partial charge in [-0.15, -0.1) is 0 Å². The third-order valence-corrected chi connectivity index (χ3v) is 14.6. The van der Waals surface area contributed by atoms with Gasteiger partial charge in [0.25, 0.3) is 20.3 Å². The lowest BCUT2D eigenvalue weighted by Crippen LogP contribution is -2.41. The molecule has 1 aromatic heterocycles. The van der Waals surface area contributed by atoms with Crippen molar-refractivity contribution in [3.8, 4) is 17.2 Å². The van der Waals surface area contributed by atoms with E-state index >= 15 is 0 Å². The maximum atomic E-state index is 14.0. The van der Waals surface area contributed by atoms with E-state index in [4.69, 9.17) is 32.7 Å². The van der Waals surface area contributed by atoms with E-state index in [0.29, 0.717) is 34.9 Å². The van der Waals surface area contributed by atoms with Crippen LogP contribution in [0.5, 0.6) is 17.2 Å². The van der Waals surface area contributed by atoms with Crippen molar-refractivity contribution in [3.05, 3.63) is 184 Å². The molecule has 0 bridgehead atoms. The smallest absolute Gasteiger partial charge is 0.351 e. The summed E-state index contributed by atoms with van der Waals surface area (Å²) < 4.78 is 48.4. The lowest BCUT2D eigenvalue weighted by Gasteiger charge is -2.39. The quantitative estimate of drug-likeness (QED) is 0.0480. The van der Waals surface area contributed by atoms with Gasteiger partial charge in [-0.2, -0.15) is 4.98 Å². The summed E-state index contributed by atoms with van der Waals surface area (Å²) in [5.74, 6) is 1.61. The van der Waals surface area contributed by atoms with E-state index < -0.39 is 44.2 Å². The number of carbonyl (C=O) groups excluding carboxylic acids is 2. The normalized spacial score (nSPS) is 16.3. The Morgan fingerprint density at radius 1 is 0.708 bits per heavy atom. The van der Waals surface area contributed by atoms with Crippen molar-refractivity contribution in [2.75, 3.05) is 46.4 Å². The number of hydrogen-bond acceptors (Lipinski definition) is 12. The summed E-state index contributed by atoms with van der Waals surface area (Å²) in [5, 5.41) is 2.73. The molecular weight excluding hydrogens is 934 g/mol. The molecular formula is C56H66N5O10P. The lowest BCUT2D eigenvalue weighted by atomic mass is 9.80. The lowest BCUT2D eigenvalue weighted by molar-refractivity contribution is -0.0925. The van der Waals surface area contributed by atoms with Crippen LogP contribution < -0.4 is 25.2 Å². The molecule has 15 nitrogen and oxygen atoms in total. The van der Waals surface area contributed by atoms with Gasteiger partial charge in [0, 0.05) is 48.4 Å². The predicted octanol–water partition coefficient (Wildman–Crippen LogP) is 10.1. The molecule has 0 spiro atoms. The Kier molecular flexibility index (Phi) is 18.4. The molecule has 0 aliphatic carbocycles. The number of hydrogen-bond donors (Lipinski definition) is 1. The number of ether oxygens (including phenoxy) is 5. The van der Waals surface area contributed by atoms with Gasteiger partial charge >= 0.3 is 5.69 Å². The van der Waals surface area contributed by atoms with Crippen molar-refractivity contribution in [2.45, 2.75) is 90.1 Å². The number of nitrogens with one attached hydrogen (secondary N) is 1. The zero-order valence-corrected chi connectivity index (χ0v) is 43.4. The monoisotopic (exact) mass is 999 g/mol. The van der Waals surface area contributed by atoms with Crippen LogP contribution in [-0.2, 0) is 24.1 Å². The van der Waals surface area contributed by atoms with Gasteiger partial charge in [0.15, 0.2) is 0 Å². The first-order valence-corrected chi connectivity index (χ1v) is 25.3. The molecule has 7 rings (SSSR count). The minimum absolute atomic E-state index is 0.00704. The first-order valence-electron chi connectivity index (χ1n) is 24.2. The fraction of sp³-hybridized carbons (Fsp3) is 0.357. The number of methoxy groups -OCH3 is 3. The van der Waals surface area contributed by atoms with Crippen LogP contribution in [0.3, 0.4) is 0 Å². The molecule has 72 heavy (non-hydrogen) atoms. The molecule has 4 atom stereocenters. The van der Waals surface area contributed by atoms with E-state index in [1.54, 1.807) is 87.0 Å². The Labute approximate surface area is 423 Å². The van der Waals surface area contributed by atoms with Gasteiger partial charge in [0.1, 0.15) is 41.0 Å². The van der Waals surface area contributed by atoms with Crippen molar-refractivity contribution >= 4 is 26.2 Å². The number of aromatic nitrogens is 2. The number of anilines is 1. The molecule has 380 valence electrons. The second-order valence-corrected chi connectivity index (χ2v) is 19.5. The SMILES string of the molecule is COc1ccc(C(=O)N(CCOP(O[C@H]2C[C@H](n3ccc(NC(=O)c4ccccc4)nc3=O)O[C@@H]2COC(c2ccccc2)(c2ccc(OC)cc2)c2ccc(OC)cc2)N(C(C)C)C(C)C)C(C)C)cc1. The average molecular weight is 1000 g/mol. The standard InChI is InChI=1S/C56H66N5O10P/c1-38(2)59(54(63)42-20-26-46(65-7)27-21-42)34-35-69-72(61(39(3)4)40(5)6)71-49-36-52(60-33-32-51(58-55(60)64)57-53(62)41-16-12-10-13-17-41)70-50(49)37-68-56(43-18-14-11-15-19-43,44-22-28-47(66-8)29-23-44)45-24-30-48(67-9)31-25-45/h10-33,38-40,49-50,52H,34-37H2,1-9H3,(H,57,58,62,64)/t49-,50+,52+,72?/m0/s1. The van der Waals surface area contributed by atoms with Crippen molar-refractivity contribution in [2.24, 2.45) is 0 Å². The molecule has 5 aromatic carbocycles. The summed E-state index contributed by atoms with van der Waals surface area (Å²) in [4.78, 5) is 46.9. The topological polar surface area (TPSA) is 152 Å². The van der Waals surface area contributed by atoms with Gasteiger partial charge in [-0.25, -0.2) is 9.46 Å². The Morgan fingerprint density at radius 2 is 1.24 bits per heavy atom. The van der Waals surface area contributed by atoms with Gasteiger partial charge in [-0.3, -0.25) is 14.2 Å². The highest BCUT2D eigenvalue weighted by Crippen LogP contribution is 2.51. The van der Waals surface area contributed by atoms with Crippen LogP contribution in [0.1, 0.15) is 91.6 Å². The Hall–Kier alpha value is -6.45. The zero-order valence-electron chi connectivity index (χ0n) is 42.5. The van der Waals surface area contributed by atoms with E-state index in [1.807, 2.05) is 98.8 Å². The van der Waals surface area contributed by atoms with E-state index in [9.17, 15) is 14.4 Å². The third kappa shape index (κ3) is 12.6. The number of rotatable bonds is 23. The van der Waals surface area contributed by atoms with Crippen LogP contribution in [0.4, 0.5) is 5.82 Å². The summed E-state index contributed by atoms with van der Waals surface area (Å²) in [7, 11) is 3.03. The number of amides is 2. The molecule has 0 saturated carbocycles. The molecule has 1 N–H and O–H groups in total. The van der Waals surface area contributed by atoms with E-state index in [-0.39, 0.29) is 49.5 Å². The molecule has 1 fully saturated rings. The highest BCUT2D eigenvalue weighted by Gasteiger charge is 2.45. The van der Waals surface area contributed by atoms with Gasteiger partial charge < -0.3 is 42.9 Å². The molecule has 1 saturated heterocycles. The van der Waals surface area contributed by atoms with E-state index in [1.165, 1.54) is 4.57 Å². The van der Waals surface area contributed by atoms with Gasteiger partial charge in [-0.1, -0.05) is 72.8 Å². The van der Waals surface area contributed by atoms with Crippen LogP contribution >= 0.6 is 8.53 Å². The summed E-state index contributed by atoms with van der Waals surface area (Å²) in [6.07, 6.45) is -0.518. The molecule has 2 amide bonds. The van der Waals surface area contributed by atoms with Crippen molar-refractivity contribution in [1.29, 1.82) is 0 Å². The molecule has 16 heteroatoms. The first kappa shape index (κ1) is 53.4. The summed E-state index contributed by atoms with van der Waals surface area (Å²) in [5.41, 5.74) is 1.67. The summed E-state index contributed by atoms with van der Waals surface area (Å²) >= 11 is 0. The number of nitrogens with zero attached hydrogens (tertiary/aromatic N) is 4. The first-order chi connectivity index (χ1) is 34.8. The van der Waals surface area contributed by atoms with Gasteiger partial charge in [0.05, 0.1) is 40.6 Å². The van der Waals surface area contributed by atoms with Crippen molar-refractivity contribution in [3.63, 3.8) is 0 Å². The third-order valence-electron chi connectivity index (χ3n) is 12.5. The minimum Gasteiger partial charge on any atom is -0.497 e. The minimum atomic E-state index is -1.82. The molecule has 0 radical (unpaired) electrons. The number of carbonyl (C=O) groups is 2. The molecule has 1 unspecified atom stereocenters. The molecule has 1 aliphatic rings. The van der Waals surface area contributed by atoms with Crippen LogP contribution in [0.2, 0.25) is 0 Å². The second kappa shape index (κ2) is 24.8. The maximum absolute atomic E-state index is 14.0.